The smallest absolute Gasteiger partial charge is 0.247 e. The molecule has 0 aromatic rings. The largest absolute Gasteiger partial charge is 0.369 e. The van der Waals surface area contributed by atoms with Gasteiger partial charge in [0.2, 0.25) is 11.8 Å². The molecule has 2 amide bonds. The maximum Gasteiger partial charge on any atom is 0.247 e. The average molecular weight is 158 g/mol. The topological polar surface area (TPSA) is 95.4 Å². The predicted molar refractivity (Wildman–Crippen MR) is 36.2 cm³/mol. The van der Waals surface area contributed by atoms with Crippen molar-refractivity contribution in [3.05, 3.63) is 0 Å². The number of hydrogen-bond acceptors (Lipinski definition) is 3. The monoisotopic (exact) mass is 158 g/mol. The number of rotatable bonds is 2. The van der Waals surface area contributed by atoms with E-state index in [-0.39, 0.29) is 0 Å². The van der Waals surface area contributed by atoms with Gasteiger partial charge in [0.15, 0.2) is 0 Å². The summed E-state index contributed by atoms with van der Waals surface area (Å²) in [6, 6.07) is 0. The Morgan fingerprint density at radius 3 is 2.27 bits per heavy atom. The Labute approximate surface area is 63.7 Å². The fourth-order valence-electron chi connectivity index (χ4n) is 1.16. The highest BCUT2D eigenvalue weighted by atomic mass is 16.5. The first-order chi connectivity index (χ1) is 5.13. The van der Waals surface area contributed by atoms with E-state index >= 15 is 0 Å². The van der Waals surface area contributed by atoms with Gasteiger partial charge < -0.3 is 16.2 Å². The van der Waals surface area contributed by atoms with Gasteiger partial charge in [-0.2, -0.15) is 0 Å². The molecule has 1 saturated heterocycles. The Kier molecular flexibility index (Phi) is 2.09. The average Bonchev–Trinajstić information content (AvgIpc) is 2.32. The summed E-state index contributed by atoms with van der Waals surface area (Å²) >= 11 is 0. The summed E-state index contributed by atoms with van der Waals surface area (Å²) in [6.07, 6.45) is -0.323. The molecule has 1 aliphatic rings. The molecule has 0 aromatic carbocycles. The van der Waals surface area contributed by atoms with Crippen LogP contribution in [0.4, 0.5) is 0 Å². The maximum absolute atomic E-state index is 10.7. The third kappa shape index (κ3) is 1.48. The van der Waals surface area contributed by atoms with Crippen LogP contribution in [0.1, 0.15) is 6.42 Å². The lowest BCUT2D eigenvalue weighted by molar-refractivity contribution is -0.134. The van der Waals surface area contributed by atoms with Gasteiger partial charge >= 0.3 is 0 Å². The van der Waals surface area contributed by atoms with Gasteiger partial charge in [-0.1, -0.05) is 0 Å². The summed E-state index contributed by atoms with van der Waals surface area (Å²) in [5.41, 5.74) is 9.95. The summed E-state index contributed by atoms with van der Waals surface area (Å²) in [7, 11) is 0. The first-order valence-corrected chi connectivity index (χ1v) is 3.33. The summed E-state index contributed by atoms with van der Waals surface area (Å²) in [5, 5.41) is 0. The zero-order valence-corrected chi connectivity index (χ0v) is 5.95. The van der Waals surface area contributed by atoms with Crippen LogP contribution in [0.2, 0.25) is 0 Å². The third-order valence-electron chi connectivity index (χ3n) is 1.74. The van der Waals surface area contributed by atoms with E-state index in [9.17, 15) is 9.59 Å². The maximum atomic E-state index is 10.7. The molecule has 2 unspecified atom stereocenters. The second kappa shape index (κ2) is 2.87. The van der Waals surface area contributed by atoms with Gasteiger partial charge in [-0.25, -0.2) is 0 Å². The molecule has 0 radical (unpaired) electrons. The Bertz CT molecular complexity index is 172. The van der Waals surface area contributed by atoms with Gasteiger partial charge in [-0.3, -0.25) is 9.59 Å². The van der Waals surface area contributed by atoms with E-state index in [0.29, 0.717) is 13.0 Å². The zero-order chi connectivity index (χ0) is 8.43. The van der Waals surface area contributed by atoms with Crippen LogP contribution in [0.5, 0.6) is 0 Å². The van der Waals surface area contributed by atoms with E-state index in [1.54, 1.807) is 0 Å². The molecule has 11 heavy (non-hydrogen) atoms. The van der Waals surface area contributed by atoms with Gasteiger partial charge in [0.05, 0.1) is 5.92 Å². The lowest BCUT2D eigenvalue weighted by Crippen LogP contribution is -2.39. The Balaban J connectivity index is 2.65. The van der Waals surface area contributed by atoms with E-state index in [1.165, 1.54) is 0 Å². The van der Waals surface area contributed by atoms with Crippen molar-refractivity contribution in [1.29, 1.82) is 0 Å². The van der Waals surface area contributed by atoms with Crippen LogP contribution < -0.4 is 11.5 Å². The highest BCUT2D eigenvalue weighted by molar-refractivity contribution is 5.88. The first-order valence-electron chi connectivity index (χ1n) is 3.33. The molecule has 4 N–H and O–H groups in total. The molecular weight excluding hydrogens is 148 g/mol. The van der Waals surface area contributed by atoms with E-state index in [4.69, 9.17) is 16.2 Å². The standard InChI is InChI=1S/C6H10N2O3/c7-5(9)3-1-2-11-4(3)6(8)10/h3-4H,1-2H2,(H2,7,9)(H2,8,10). The molecule has 0 bridgehead atoms. The van der Waals surface area contributed by atoms with Crippen molar-refractivity contribution in [3.8, 4) is 0 Å². The van der Waals surface area contributed by atoms with Crippen LogP contribution in [0.25, 0.3) is 0 Å². The fraction of sp³-hybridized carbons (Fsp3) is 0.667. The first kappa shape index (κ1) is 8.00. The van der Waals surface area contributed by atoms with E-state index in [0.717, 1.165) is 0 Å². The van der Waals surface area contributed by atoms with E-state index in [1.807, 2.05) is 0 Å². The van der Waals surface area contributed by atoms with Crippen molar-refractivity contribution < 1.29 is 14.3 Å². The summed E-state index contributed by atoms with van der Waals surface area (Å²) in [4.78, 5) is 21.3. The second-order valence-corrected chi connectivity index (χ2v) is 2.49. The molecular formula is C6H10N2O3. The Morgan fingerprint density at radius 1 is 1.27 bits per heavy atom. The van der Waals surface area contributed by atoms with Crippen molar-refractivity contribution in [2.24, 2.45) is 17.4 Å². The van der Waals surface area contributed by atoms with Crippen molar-refractivity contribution >= 4 is 11.8 Å². The number of carbonyl (C=O) groups excluding carboxylic acids is 2. The summed E-state index contributed by atoms with van der Waals surface area (Å²) < 4.78 is 4.91. The summed E-state index contributed by atoms with van der Waals surface area (Å²) in [6.45, 7) is 0.376. The third-order valence-corrected chi connectivity index (χ3v) is 1.74. The number of primary amides is 2. The number of amides is 2. The molecule has 1 rings (SSSR count). The molecule has 0 aliphatic carbocycles. The lowest BCUT2D eigenvalue weighted by Gasteiger charge is -2.10. The molecule has 2 atom stereocenters. The SMILES string of the molecule is NC(=O)C1CCOC1C(N)=O. The predicted octanol–water partition coefficient (Wildman–Crippen LogP) is -1.64. The van der Waals surface area contributed by atoms with Gasteiger partial charge in [-0.05, 0) is 6.42 Å². The molecule has 0 aromatic heterocycles. The fourth-order valence-corrected chi connectivity index (χ4v) is 1.16. The van der Waals surface area contributed by atoms with Gasteiger partial charge in [0.25, 0.3) is 0 Å². The molecule has 0 spiro atoms. The van der Waals surface area contributed by atoms with Crippen molar-refractivity contribution in [2.45, 2.75) is 12.5 Å². The molecule has 5 heteroatoms. The number of hydrogen-bond donors (Lipinski definition) is 2. The Hall–Kier alpha value is -1.10. The van der Waals surface area contributed by atoms with Crippen molar-refractivity contribution in [3.63, 3.8) is 0 Å². The summed E-state index contributed by atoms with van der Waals surface area (Å²) in [5.74, 6) is -1.68. The molecule has 62 valence electrons. The van der Waals surface area contributed by atoms with Crippen LogP contribution in [-0.2, 0) is 14.3 Å². The van der Waals surface area contributed by atoms with Crippen LogP contribution in [-0.4, -0.2) is 24.5 Å². The van der Waals surface area contributed by atoms with Crippen LogP contribution in [0.15, 0.2) is 0 Å². The quantitative estimate of drug-likeness (QED) is 0.504. The zero-order valence-electron chi connectivity index (χ0n) is 5.95. The van der Waals surface area contributed by atoms with Crippen LogP contribution in [0, 0.1) is 5.92 Å². The van der Waals surface area contributed by atoms with E-state index in [2.05, 4.69) is 0 Å². The number of nitrogens with two attached hydrogens (primary N) is 2. The van der Waals surface area contributed by atoms with Crippen LogP contribution in [0.3, 0.4) is 0 Å². The molecule has 1 heterocycles. The van der Waals surface area contributed by atoms with Crippen molar-refractivity contribution in [2.75, 3.05) is 6.61 Å². The number of carbonyl (C=O) groups is 2. The Morgan fingerprint density at radius 2 is 1.91 bits per heavy atom. The van der Waals surface area contributed by atoms with Crippen molar-refractivity contribution in [1.82, 2.24) is 0 Å². The molecule has 1 fully saturated rings. The highest BCUT2D eigenvalue weighted by Gasteiger charge is 2.36. The minimum Gasteiger partial charge on any atom is -0.369 e. The van der Waals surface area contributed by atoms with Crippen LogP contribution >= 0.6 is 0 Å². The second-order valence-electron chi connectivity index (χ2n) is 2.49. The van der Waals surface area contributed by atoms with Gasteiger partial charge in [-0.15, -0.1) is 0 Å². The highest BCUT2D eigenvalue weighted by Crippen LogP contribution is 2.19. The molecule has 5 nitrogen and oxygen atoms in total. The van der Waals surface area contributed by atoms with Gasteiger partial charge in [0, 0.05) is 6.61 Å². The molecule has 0 saturated carbocycles. The van der Waals surface area contributed by atoms with E-state index < -0.39 is 23.8 Å². The minimum absolute atomic E-state index is 0.376. The minimum atomic E-state index is -0.813. The molecule has 1 aliphatic heterocycles. The van der Waals surface area contributed by atoms with Gasteiger partial charge in [0.1, 0.15) is 6.10 Å². The lowest BCUT2D eigenvalue weighted by atomic mass is 10.0. The number of ether oxygens (including phenoxy) is 1. The normalized spacial score (nSPS) is 30.2.